The highest BCUT2D eigenvalue weighted by Crippen LogP contribution is 2.44. The summed E-state index contributed by atoms with van der Waals surface area (Å²) in [5.41, 5.74) is 0.122. The predicted octanol–water partition coefficient (Wildman–Crippen LogP) is 4.87. The number of aliphatic hydroxyl groups excluding tert-OH is 1. The van der Waals surface area contributed by atoms with E-state index in [0.717, 1.165) is 5.69 Å². The minimum absolute atomic E-state index is 0.0906. The van der Waals surface area contributed by atoms with Crippen molar-refractivity contribution >= 4 is 21.6 Å². The second-order valence-corrected chi connectivity index (χ2v) is 9.18. The number of nitrogens with one attached hydrogen (secondary N) is 1. The fourth-order valence-corrected chi connectivity index (χ4v) is 5.43. The molecule has 2 N–H and O–H groups in total. The molecule has 1 aliphatic rings. The molecular formula is C23H16F4N6O2S. The third-order valence-electron chi connectivity index (χ3n) is 5.94. The molecule has 1 aromatic carbocycles. The lowest BCUT2D eigenvalue weighted by Gasteiger charge is -2.36. The third kappa shape index (κ3) is 3.75. The molecule has 5 aromatic rings. The standard InChI is InChI=1S/C23H16F4N6O2S/c24-11-4-3-6-14-15(11)31-21(36-14)17-16-12(29-10-30-16)7-9-33(17)22(34)18-19(23(25,26)27)32-20(35-18)13-5-1-2-8-28-13/h1-6,8,10,17,22,34H,7,9H2,(H,29,30)/t17-,22?/m0/s1. The number of hydrogen-bond donors (Lipinski definition) is 2. The van der Waals surface area contributed by atoms with E-state index in [-0.39, 0.29) is 23.6 Å². The summed E-state index contributed by atoms with van der Waals surface area (Å²) in [5.74, 6) is -1.65. The number of thiazole rings is 1. The largest absolute Gasteiger partial charge is 0.437 e. The van der Waals surface area contributed by atoms with Gasteiger partial charge in [-0.05, 0) is 24.3 Å². The van der Waals surface area contributed by atoms with Gasteiger partial charge in [-0.1, -0.05) is 12.1 Å². The molecule has 8 nitrogen and oxygen atoms in total. The number of nitrogens with zero attached hydrogens (tertiary/aromatic N) is 5. The Hall–Kier alpha value is -3.68. The van der Waals surface area contributed by atoms with Crippen LogP contribution < -0.4 is 0 Å². The van der Waals surface area contributed by atoms with Crippen molar-refractivity contribution in [3.63, 3.8) is 0 Å². The van der Waals surface area contributed by atoms with Crippen molar-refractivity contribution in [3.8, 4) is 11.6 Å². The SMILES string of the molecule is OC(c1oc(-c2ccccn2)nc1C(F)(F)F)N1CCc2[nH]cnc2[C@H]1c1nc2c(F)cccc2s1. The van der Waals surface area contributed by atoms with Crippen molar-refractivity contribution in [1.29, 1.82) is 0 Å². The maximum absolute atomic E-state index is 14.4. The zero-order valence-corrected chi connectivity index (χ0v) is 19.0. The molecule has 5 heterocycles. The van der Waals surface area contributed by atoms with Crippen LogP contribution in [0.3, 0.4) is 0 Å². The number of halogens is 4. The van der Waals surface area contributed by atoms with Crippen LogP contribution in [0.4, 0.5) is 17.6 Å². The molecule has 36 heavy (non-hydrogen) atoms. The first-order chi connectivity index (χ1) is 17.3. The summed E-state index contributed by atoms with van der Waals surface area (Å²) in [6, 6.07) is 8.33. The van der Waals surface area contributed by atoms with Gasteiger partial charge in [-0.3, -0.25) is 9.88 Å². The van der Waals surface area contributed by atoms with Gasteiger partial charge in [0, 0.05) is 24.9 Å². The molecule has 0 aliphatic carbocycles. The molecule has 1 aliphatic heterocycles. The van der Waals surface area contributed by atoms with Gasteiger partial charge < -0.3 is 14.5 Å². The van der Waals surface area contributed by atoms with Gasteiger partial charge in [0.15, 0.2) is 17.7 Å². The maximum atomic E-state index is 14.4. The predicted molar refractivity (Wildman–Crippen MR) is 120 cm³/mol. The number of H-pyrrole nitrogens is 1. The summed E-state index contributed by atoms with van der Waals surface area (Å²) in [6.45, 7) is 0.149. The van der Waals surface area contributed by atoms with Gasteiger partial charge in [0.25, 0.3) is 0 Å². The van der Waals surface area contributed by atoms with Gasteiger partial charge in [0.05, 0.1) is 16.7 Å². The molecule has 1 unspecified atom stereocenters. The van der Waals surface area contributed by atoms with Crippen LogP contribution in [0.25, 0.3) is 21.8 Å². The lowest BCUT2D eigenvalue weighted by molar-refractivity contribution is -0.145. The van der Waals surface area contributed by atoms with Gasteiger partial charge in [0.2, 0.25) is 5.89 Å². The number of pyridine rings is 1. The molecule has 0 saturated heterocycles. The Morgan fingerprint density at radius 3 is 2.75 bits per heavy atom. The van der Waals surface area contributed by atoms with Crippen molar-refractivity contribution in [2.24, 2.45) is 0 Å². The number of aliphatic hydroxyl groups is 1. The number of rotatable bonds is 4. The topological polar surface area (TPSA) is 104 Å². The average Bonchev–Trinajstić information content (AvgIpc) is 3.61. The van der Waals surface area contributed by atoms with Crippen molar-refractivity contribution in [3.05, 3.63) is 82.6 Å². The Morgan fingerprint density at radius 1 is 1.14 bits per heavy atom. The summed E-state index contributed by atoms with van der Waals surface area (Å²) in [5, 5.41) is 11.7. The van der Waals surface area contributed by atoms with Crippen LogP contribution in [0, 0.1) is 5.82 Å². The number of hydrogen-bond acceptors (Lipinski definition) is 8. The van der Waals surface area contributed by atoms with Crippen LogP contribution in [0.2, 0.25) is 0 Å². The summed E-state index contributed by atoms with van der Waals surface area (Å²) >= 11 is 1.18. The van der Waals surface area contributed by atoms with Crippen LogP contribution in [0.15, 0.2) is 53.3 Å². The Kier molecular flexibility index (Phi) is 5.35. The molecule has 2 atom stereocenters. The highest BCUT2D eigenvalue weighted by molar-refractivity contribution is 7.18. The molecule has 0 amide bonds. The highest BCUT2D eigenvalue weighted by Gasteiger charge is 2.45. The zero-order chi connectivity index (χ0) is 25.0. The molecule has 4 aromatic heterocycles. The van der Waals surface area contributed by atoms with E-state index in [1.807, 2.05) is 0 Å². The number of alkyl halides is 3. The van der Waals surface area contributed by atoms with Crippen molar-refractivity contribution < 1.29 is 27.1 Å². The first-order valence-corrected chi connectivity index (χ1v) is 11.6. The van der Waals surface area contributed by atoms with E-state index in [9.17, 15) is 22.7 Å². The number of aromatic amines is 1. The van der Waals surface area contributed by atoms with Gasteiger partial charge in [-0.2, -0.15) is 13.2 Å². The van der Waals surface area contributed by atoms with E-state index in [4.69, 9.17) is 4.42 Å². The highest BCUT2D eigenvalue weighted by atomic mass is 32.1. The fraction of sp³-hybridized carbons (Fsp3) is 0.217. The smallest absolute Gasteiger partial charge is 0.435 e. The van der Waals surface area contributed by atoms with E-state index >= 15 is 0 Å². The molecule has 0 radical (unpaired) electrons. The van der Waals surface area contributed by atoms with E-state index in [1.165, 1.54) is 40.9 Å². The molecule has 184 valence electrons. The number of aromatic nitrogens is 5. The van der Waals surface area contributed by atoms with Gasteiger partial charge in [0.1, 0.15) is 28.1 Å². The quantitative estimate of drug-likeness (QED) is 0.329. The maximum Gasteiger partial charge on any atom is 0.437 e. The average molecular weight is 516 g/mol. The number of para-hydroxylation sites is 1. The number of oxazole rings is 1. The van der Waals surface area contributed by atoms with Crippen LogP contribution in [-0.2, 0) is 12.6 Å². The Labute approximate surface area is 204 Å². The molecule has 0 saturated carbocycles. The first-order valence-electron chi connectivity index (χ1n) is 10.8. The monoisotopic (exact) mass is 516 g/mol. The molecule has 0 fully saturated rings. The fourth-order valence-electron chi connectivity index (χ4n) is 4.33. The molecular weight excluding hydrogens is 500 g/mol. The Balaban J connectivity index is 1.47. The van der Waals surface area contributed by atoms with E-state index in [1.54, 1.807) is 24.3 Å². The second kappa shape index (κ2) is 8.47. The van der Waals surface area contributed by atoms with Crippen molar-refractivity contribution in [1.82, 2.24) is 29.8 Å². The first kappa shape index (κ1) is 22.8. The van der Waals surface area contributed by atoms with Crippen LogP contribution in [0.1, 0.15) is 40.1 Å². The summed E-state index contributed by atoms with van der Waals surface area (Å²) in [7, 11) is 0. The van der Waals surface area contributed by atoms with Crippen LogP contribution in [-0.4, -0.2) is 41.5 Å². The van der Waals surface area contributed by atoms with Gasteiger partial charge in [-0.15, -0.1) is 11.3 Å². The summed E-state index contributed by atoms with van der Waals surface area (Å²) in [4.78, 5) is 20.8. The second-order valence-electron chi connectivity index (χ2n) is 8.11. The lowest BCUT2D eigenvalue weighted by Crippen LogP contribution is -2.39. The van der Waals surface area contributed by atoms with E-state index < -0.39 is 35.7 Å². The Morgan fingerprint density at radius 2 is 2.00 bits per heavy atom. The lowest BCUT2D eigenvalue weighted by atomic mass is 10.0. The van der Waals surface area contributed by atoms with Gasteiger partial charge in [-0.25, -0.2) is 19.3 Å². The third-order valence-corrected chi connectivity index (χ3v) is 7.01. The normalized spacial score (nSPS) is 17.4. The molecule has 0 bridgehead atoms. The molecule has 0 spiro atoms. The van der Waals surface area contributed by atoms with E-state index in [2.05, 4.69) is 24.9 Å². The van der Waals surface area contributed by atoms with Crippen molar-refractivity contribution in [2.45, 2.75) is 24.9 Å². The number of imidazole rings is 1. The summed E-state index contributed by atoms with van der Waals surface area (Å²) < 4.78 is 62.3. The van der Waals surface area contributed by atoms with Crippen LogP contribution >= 0.6 is 11.3 Å². The van der Waals surface area contributed by atoms with Crippen molar-refractivity contribution in [2.75, 3.05) is 6.54 Å². The zero-order valence-electron chi connectivity index (χ0n) is 18.2. The summed E-state index contributed by atoms with van der Waals surface area (Å²) in [6.07, 6.45) is -3.50. The Bertz CT molecular complexity index is 1550. The molecule has 6 rings (SSSR count). The number of benzene rings is 1. The molecule has 13 heteroatoms. The minimum atomic E-state index is -4.89. The minimum Gasteiger partial charge on any atom is -0.435 e. The van der Waals surface area contributed by atoms with Gasteiger partial charge >= 0.3 is 6.18 Å². The van der Waals surface area contributed by atoms with E-state index in [0.29, 0.717) is 21.8 Å². The van der Waals surface area contributed by atoms with Crippen LogP contribution in [0.5, 0.6) is 0 Å². The number of fused-ring (bicyclic) bond motifs is 2.